The molecule has 1 saturated heterocycles. The lowest BCUT2D eigenvalue weighted by molar-refractivity contribution is 0.0601. The number of aromatic nitrogens is 1. The summed E-state index contributed by atoms with van der Waals surface area (Å²) in [5, 5.41) is 2.13. The lowest BCUT2D eigenvalue weighted by Gasteiger charge is -2.36. The van der Waals surface area contributed by atoms with Crippen LogP contribution in [0.2, 0.25) is 0 Å². The van der Waals surface area contributed by atoms with Gasteiger partial charge >= 0.3 is 0 Å². The molecule has 22 heavy (non-hydrogen) atoms. The number of hydrogen-bond donors (Lipinski definition) is 0. The predicted molar refractivity (Wildman–Crippen MR) is 91.5 cm³/mol. The van der Waals surface area contributed by atoms with Crippen LogP contribution in [-0.2, 0) is 13.5 Å². The van der Waals surface area contributed by atoms with E-state index in [4.69, 9.17) is 0 Å². The number of carbonyl (C=O) groups is 1. The summed E-state index contributed by atoms with van der Waals surface area (Å²) in [6.07, 6.45) is 7.66. The first-order valence-electron chi connectivity index (χ1n) is 8.12. The van der Waals surface area contributed by atoms with Crippen molar-refractivity contribution in [3.05, 3.63) is 45.9 Å². The maximum absolute atomic E-state index is 12.9. The second-order valence-corrected chi connectivity index (χ2v) is 7.22. The minimum absolute atomic E-state index is 0.217. The number of rotatable bonds is 4. The highest BCUT2D eigenvalue weighted by atomic mass is 32.1. The fourth-order valence-corrected chi connectivity index (χ4v) is 4.05. The number of thiophene rings is 1. The third-order valence-electron chi connectivity index (χ3n) is 4.81. The maximum atomic E-state index is 12.9. The van der Waals surface area contributed by atoms with E-state index in [2.05, 4.69) is 22.4 Å². The van der Waals surface area contributed by atoms with Crippen molar-refractivity contribution in [3.8, 4) is 0 Å². The van der Waals surface area contributed by atoms with Crippen LogP contribution in [0.5, 0.6) is 0 Å². The molecule has 0 spiro atoms. The first-order chi connectivity index (χ1) is 10.7. The van der Waals surface area contributed by atoms with Crippen molar-refractivity contribution in [2.45, 2.75) is 45.1 Å². The van der Waals surface area contributed by atoms with Crippen LogP contribution < -0.4 is 0 Å². The number of nitrogens with zero attached hydrogens (tertiary/aromatic N) is 2. The zero-order chi connectivity index (χ0) is 15.5. The molecule has 1 amide bonds. The molecular formula is C18H24N2OS. The molecule has 0 radical (unpaired) electrons. The Morgan fingerprint density at radius 1 is 1.36 bits per heavy atom. The van der Waals surface area contributed by atoms with E-state index in [1.54, 1.807) is 0 Å². The summed E-state index contributed by atoms with van der Waals surface area (Å²) >= 11 is 1.82. The van der Waals surface area contributed by atoms with Gasteiger partial charge in [0.1, 0.15) is 0 Å². The standard InChI is InChI=1S/C18H24N2OS/c1-14-17(10-12-19(14)2)18(21)20-11-4-3-6-15(20)8-9-16-7-5-13-22-16/h5,7,10,12-13,15H,3-4,6,8-9,11H2,1-2H3/t15-/m1/s1. The van der Waals surface area contributed by atoms with Crippen molar-refractivity contribution in [2.75, 3.05) is 6.54 Å². The number of carbonyl (C=O) groups excluding carboxylic acids is 1. The highest BCUT2D eigenvalue weighted by molar-refractivity contribution is 7.09. The van der Waals surface area contributed by atoms with Crippen LogP contribution in [-0.4, -0.2) is 28.0 Å². The first kappa shape index (κ1) is 15.3. The number of aryl methyl sites for hydroxylation is 2. The average molecular weight is 316 g/mol. The molecule has 0 aliphatic carbocycles. The van der Waals surface area contributed by atoms with Gasteiger partial charge in [0.25, 0.3) is 5.91 Å². The molecule has 3 heterocycles. The molecular weight excluding hydrogens is 292 g/mol. The molecule has 1 aliphatic rings. The van der Waals surface area contributed by atoms with Gasteiger partial charge in [0, 0.05) is 36.4 Å². The van der Waals surface area contributed by atoms with Gasteiger partial charge in [0.15, 0.2) is 0 Å². The Balaban J connectivity index is 1.71. The zero-order valence-electron chi connectivity index (χ0n) is 13.4. The quantitative estimate of drug-likeness (QED) is 0.836. The molecule has 3 nitrogen and oxygen atoms in total. The topological polar surface area (TPSA) is 25.2 Å². The molecule has 0 N–H and O–H groups in total. The molecule has 118 valence electrons. The first-order valence-corrected chi connectivity index (χ1v) is 9.00. The molecule has 3 rings (SSSR count). The van der Waals surface area contributed by atoms with Crippen LogP contribution in [0.4, 0.5) is 0 Å². The number of hydrogen-bond acceptors (Lipinski definition) is 2. The predicted octanol–water partition coefficient (Wildman–Crippen LogP) is 4.02. The Bertz CT molecular complexity index is 630. The highest BCUT2D eigenvalue weighted by Crippen LogP contribution is 2.25. The van der Waals surface area contributed by atoms with Gasteiger partial charge in [-0.3, -0.25) is 4.79 Å². The van der Waals surface area contributed by atoms with E-state index in [0.717, 1.165) is 43.5 Å². The largest absolute Gasteiger partial charge is 0.354 e. The van der Waals surface area contributed by atoms with Crippen LogP contribution in [0.25, 0.3) is 0 Å². The van der Waals surface area contributed by atoms with Gasteiger partial charge < -0.3 is 9.47 Å². The van der Waals surface area contributed by atoms with Crippen molar-refractivity contribution in [3.63, 3.8) is 0 Å². The molecule has 0 saturated carbocycles. The summed E-state index contributed by atoms with van der Waals surface area (Å²) in [6.45, 7) is 2.93. The molecule has 2 aromatic rings. The Hall–Kier alpha value is -1.55. The molecule has 1 atom stereocenters. The van der Waals surface area contributed by atoms with E-state index in [0.29, 0.717) is 6.04 Å². The minimum atomic E-state index is 0.217. The summed E-state index contributed by atoms with van der Waals surface area (Å²) < 4.78 is 2.03. The minimum Gasteiger partial charge on any atom is -0.354 e. The number of amides is 1. The van der Waals surface area contributed by atoms with E-state index < -0.39 is 0 Å². The van der Waals surface area contributed by atoms with Crippen molar-refractivity contribution >= 4 is 17.2 Å². The van der Waals surface area contributed by atoms with E-state index >= 15 is 0 Å². The molecule has 0 bridgehead atoms. The van der Waals surface area contributed by atoms with Crippen LogP contribution in [0.15, 0.2) is 29.8 Å². The van der Waals surface area contributed by atoms with Crippen molar-refractivity contribution in [2.24, 2.45) is 7.05 Å². The molecule has 1 fully saturated rings. The molecule has 1 aliphatic heterocycles. The van der Waals surface area contributed by atoms with Crippen molar-refractivity contribution < 1.29 is 4.79 Å². The third-order valence-corrected chi connectivity index (χ3v) is 5.74. The summed E-state index contributed by atoms with van der Waals surface area (Å²) in [4.78, 5) is 16.5. The summed E-state index contributed by atoms with van der Waals surface area (Å²) in [6, 6.07) is 6.66. The van der Waals surface area contributed by atoms with Gasteiger partial charge in [0.05, 0.1) is 5.56 Å². The highest BCUT2D eigenvalue weighted by Gasteiger charge is 2.28. The Labute approximate surface area is 136 Å². The monoisotopic (exact) mass is 316 g/mol. The van der Waals surface area contributed by atoms with Gasteiger partial charge in [-0.25, -0.2) is 0 Å². The van der Waals surface area contributed by atoms with E-state index in [1.165, 1.54) is 11.3 Å². The molecule has 0 aromatic carbocycles. The Morgan fingerprint density at radius 3 is 2.91 bits per heavy atom. The maximum Gasteiger partial charge on any atom is 0.255 e. The third kappa shape index (κ3) is 3.12. The lowest BCUT2D eigenvalue weighted by atomic mass is 9.96. The van der Waals surface area contributed by atoms with Gasteiger partial charge in [-0.2, -0.15) is 0 Å². The van der Waals surface area contributed by atoms with Crippen molar-refractivity contribution in [1.29, 1.82) is 0 Å². The normalized spacial score (nSPS) is 18.6. The molecule has 2 aromatic heterocycles. The van der Waals surface area contributed by atoms with Gasteiger partial charge in [-0.1, -0.05) is 6.07 Å². The fraction of sp³-hybridized carbons (Fsp3) is 0.500. The Kier molecular flexibility index (Phi) is 4.67. The summed E-state index contributed by atoms with van der Waals surface area (Å²) in [5.41, 5.74) is 1.93. The SMILES string of the molecule is Cc1c(C(=O)N2CCCC[C@@H]2CCc2cccs2)ccn1C. The number of likely N-dealkylation sites (tertiary alicyclic amines) is 1. The van der Waals surface area contributed by atoms with Crippen LogP contribution in [0, 0.1) is 6.92 Å². The summed E-state index contributed by atoms with van der Waals surface area (Å²) in [5.74, 6) is 0.217. The van der Waals surface area contributed by atoms with E-state index in [-0.39, 0.29) is 5.91 Å². The summed E-state index contributed by atoms with van der Waals surface area (Å²) in [7, 11) is 2.00. The van der Waals surface area contributed by atoms with Gasteiger partial charge in [-0.05, 0) is 56.5 Å². The average Bonchev–Trinajstić information content (AvgIpc) is 3.16. The second kappa shape index (κ2) is 6.69. The lowest BCUT2D eigenvalue weighted by Crippen LogP contribution is -2.44. The smallest absolute Gasteiger partial charge is 0.255 e. The van der Waals surface area contributed by atoms with Crippen LogP contribution >= 0.6 is 11.3 Å². The van der Waals surface area contributed by atoms with E-state index in [1.807, 2.05) is 42.1 Å². The molecule has 4 heteroatoms. The van der Waals surface area contributed by atoms with Crippen LogP contribution in [0.3, 0.4) is 0 Å². The van der Waals surface area contributed by atoms with Gasteiger partial charge in [0.2, 0.25) is 0 Å². The molecule has 0 unspecified atom stereocenters. The van der Waals surface area contributed by atoms with Gasteiger partial charge in [-0.15, -0.1) is 11.3 Å². The fourth-order valence-electron chi connectivity index (χ4n) is 3.32. The Morgan fingerprint density at radius 2 is 2.23 bits per heavy atom. The zero-order valence-corrected chi connectivity index (χ0v) is 14.2. The number of piperidine rings is 1. The van der Waals surface area contributed by atoms with E-state index in [9.17, 15) is 4.79 Å². The second-order valence-electron chi connectivity index (χ2n) is 6.19. The van der Waals surface area contributed by atoms with Crippen LogP contribution in [0.1, 0.15) is 46.6 Å². The van der Waals surface area contributed by atoms with Crippen molar-refractivity contribution in [1.82, 2.24) is 9.47 Å².